The number of nitrogens with one attached hydrogen (secondary N) is 1. The Labute approximate surface area is 127 Å². The largest absolute Gasteiger partial charge is 0.470 e. The van der Waals surface area contributed by atoms with Crippen LogP contribution >= 0.6 is 0 Å². The van der Waals surface area contributed by atoms with Gasteiger partial charge < -0.3 is 10.1 Å². The Balaban J connectivity index is 1.96. The molecule has 112 valence electrons. The lowest BCUT2D eigenvalue weighted by atomic mass is 10.1. The minimum atomic E-state index is 0.000176. The van der Waals surface area contributed by atoms with E-state index in [1.54, 1.807) is 0 Å². The number of aromatic nitrogens is 1. The van der Waals surface area contributed by atoms with Gasteiger partial charge in [-0.15, -0.1) is 0 Å². The lowest BCUT2D eigenvalue weighted by Gasteiger charge is -2.16. The molecular weight excluding hydrogens is 260 g/mol. The monoisotopic (exact) mass is 284 g/mol. The zero-order valence-electron chi connectivity index (χ0n) is 13.0. The van der Waals surface area contributed by atoms with Gasteiger partial charge in [0.25, 0.3) is 0 Å². The quantitative estimate of drug-likeness (QED) is 0.824. The van der Waals surface area contributed by atoms with E-state index in [2.05, 4.69) is 42.3 Å². The fourth-order valence-corrected chi connectivity index (χ4v) is 2.17. The number of hydrogen-bond acceptors (Lipinski definition) is 3. The van der Waals surface area contributed by atoms with Crippen LogP contribution in [0.1, 0.15) is 50.5 Å². The third kappa shape index (κ3) is 4.57. The van der Waals surface area contributed by atoms with Crippen molar-refractivity contribution in [1.29, 1.82) is 0 Å². The van der Waals surface area contributed by atoms with Crippen molar-refractivity contribution in [2.75, 3.05) is 6.54 Å². The fourth-order valence-electron chi connectivity index (χ4n) is 2.17. The Hall–Kier alpha value is -1.87. The van der Waals surface area contributed by atoms with Crippen LogP contribution < -0.4 is 10.1 Å². The number of benzene rings is 1. The second-order valence-electron chi connectivity index (χ2n) is 5.28. The molecule has 0 amide bonds. The topological polar surface area (TPSA) is 34.1 Å². The van der Waals surface area contributed by atoms with E-state index in [1.807, 2.05) is 37.4 Å². The van der Waals surface area contributed by atoms with Crippen molar-refractivity contribution in [3.8, 4) is 5.88 Å². The molecule has 2 aromatic rings. The van der Waals surface area contributed by atoms with E-state index >= 15 is 0 Å². The third-order valence-electron chi connectivity index (χ3n) is 3.53. The Morgan fingerprint density at radius 1 is 1.05 bits per heavy atom. The summed E-state index contributed by atoms with van der Waals surface area (Å²) < 4.78 is 5.88. The molecule has 0 saturated heterocycles. The van der Waals surface area contributed by atoms with Gasteiger partial charge in [-0.25, -0.2) is 4.98 Å². The first-order chi connectivity index (χ1) is 10.2. The SMILES string of the molecule is CCCNC(C)c1ccc(OC(C)c2ccccc2)nc1. The van der Waals surface area contributed by atoms with Crippen LogP contribution in [0.25, 0.3) is 0 Å². The lowest BCUT2D eigenvalue weighted by Crippen LogP contribution is -2.19. The van der Waals surface area contributed by atoms with Crippen molar-refractivity contribution in [2.24, 2.45) is 0 Å². The molecule has 0 aliphatic carbocycles. The number of nitrogens with zero attached hydrogens (tertiary/aromatic N) is 1. The van der Waals surface area contributed by atoms with Crippen molar-refractivity contribution in [1.82, 2.24) is 10.3 Å². The Morgan fingerprint density at radius 2 is 1.81 bits per heavy atom. The molecule has 1 aromatic carbocycles. The maximum atomic E-state index is 5.88. The summed E-state index contributed by atoms with van der Waals surface area (Å²) in [6.45, 7) is 7.38. The van der Waals surface area contributed by atoms with Gasteiger partial charge in [0.15, 0.2) is 0 Å². The summed E-state index contributed by atoms with van der Waals surface area (Å²) in [5.74, 6) is 0.665. The molecule has 0 radical (unpaired) electrons. The van der Waals surface area contributed by atoms with Gasteiger partial charge in [-0.05, 0) is 37.9 Å². The second kappa shape index (κ2) is 7.79. The van der Waals surface area contributed by atoms with Crippen LogP contribution in [0, 0.1) is 0 Å². The van der Waals surface area contributed by atoms with Crippen molar-refractivity contribution >= 4 is 0 Å². The summed E-state index contributed by atoms with van der Waals surface area (Å²) in [6, 6.07) is 14.5. The summed E-state index contributed by atoms with van der Waals surface area (Å²) in [7, 11) is 0. The molecule has 0 saturated carbocycles. The molecule has 1 heterocycles. The Bertz CT molecular complexity index is 525. The van der Waals surface area contributed by atoms with Crippen LogP contribution in [0.5, 0.6) is 5.88 Å². The van der Waals surface area contributed by atoms with Gasteiger partial charge in [0.2, 0.25) is 5.88 Å². The average Bonchev–Trinajstić information content (AvgIpc) is 2.54. The van der Waals surface area contributed by atoms with E-state index in [0.29, 0.717) is 11.9 Å². The molecule has 0 spiro atoms. The molecule has 1 N–H and O–H groups in total. The van der Waals surface area contributed by atoms with Crippen LogP contribution in [0.3, 0.4) is 0 Å². The Morgan fingerprint density at radius 3 is 2.43 bits per heavy atom. The number of ether oxygens (including phenoxy) is 1. The van der Waals surface area contributed by atoms with Crippen LogP contribution in [-0.2, 0) is 0 Å². The highest BCUT2D eigenvalue weighted by molar-refractivity contribution is 5.22. The molecule has 0 aliphatic rings. The highest BCUT2D eigenvalue weighted by Crippen LogP contribution is 2.21. The van der Waals surface area contributed by atoms with E-state index < -0.39 is 0 Å². The summed E-state index contributed by atoms with van der Waals surface area (Å²) >= 11 is 0. The van der Waals surface area contributed by atoms with Crippen molar-refractivity contribution in [3.63, 3.8) is 0 Å². The number of hydrogen-bond donors (Lipinski definition) is 1. The van der Waals surface area contributed by atoms with Gasteiger partial charge in [-0.1, -0.05) is 43.3 Å². The van der Waals surface area contributed by atoms with Gasteiger partial charge in [-0.3, -0.25) is 0 Å². The standard InChI is InChI=1S/C18H24N2O/c1-4-12-19-14(2)17-10-11-18(20-13-17)21-15(3)16-8-6-5-7-9-16/h5-11,13-15,19H,4,12H2,1-3H3. The molecular formula is C18H24N2O. The minimum Gasteiger partial charge on any atom is -0.470 e. The van der Waals surface area contributed by atoms with Crippen LogP contribution in [-0.4, -0.2) is 11.5 Å². The summed E-state index contributed by atoms with van der Waals surface area (Å²) in [5.41, 5.74) is 2.34. The molecule has 21 heavy (non-hydrogen) atoms. The van der Waals surface area contributed by atoms with Crippen LogP contribution in [0.15, 0.2) is 48.7 Å². The smallest absolute Gasteiger partial charge is 0.213 e. The van der Waals surface area contributed by atoms with Crippen molar-refractivity contribution in [2.45, 2.75) is 39.3 Å². The van der Waals surface area contributed by atoms with Gasteiger partial charge >= 0.3 is 0 Å². The summed E-state index contributed by atoms with van der Waals surface area (Å²) in [5, 5.41) is 3.45. The lowest BCUT2D eigenvalue weighted by molar-refractivity contribution is 0.217. The van der Waals surface area contributed by atoms with E-state index in [0.717, 1.165) is 18.5 Å². The second-order valence-corrected chi connectivity index (χ2v) is 5.28. The molecule has 1 aromatic heterocycles. The normalized spacial score (nSPS) is 13.7. The van der Waals surface area contributed by atoms with E-state index in [-0.39, 0.29) is 6.10 Å². The zero-order valence-corrected chi connectivity index (χ0v) is 13.0. The zero-order chi connectivity index (χ0) is 15.1. The molecule has 2 rings (SSSR count). The predicted molar refractivity (Wildman–Crippen MR) is 86.4 cm³/mol. The van der Waals surface area contributed by atoms with Crippen molar-refractivity contribution in [3.05, 3.63) is 59.8 Å². The van der Waals surface area contributed by atoms with Gasteiger partial charge in [0.05, 0.1) is 0 Å². The van der Waals surface area contributed by atoms with Crippen molar-refractivity contribution < 1.29 is 4.74 Å². The summed E-state index contributed by atoms with van der Waals surface area (Å²) in [4.78, 5) is 4.41. The fraction of sp³-hybridized carbons (Fsp3) is 0.389. The molecule has 0 fully saturated rings. The minimum absolute atomic E-state index is 0.000176. The average molecular weight is 284 g/mol. The van der Waals surface area contributed by atoms with E-state index in [9.17, 15) is 0 Å². The first-order valence-corrected chi connectivity index (χ1v) is 7.61. The highest BCUT2D eigenvalue weighted by atomic mass is 16.5. The van der Waals surface area contributed by atoms with Gasteiger partial charge in [-0.2, -0.15) is 0 Å². The Kier molecular flexibility index (Phi) is 5.76. The maximum absolute atomic E-state index is 5.88. The first-order valence-electron chi connectivity index (χ1n) is 7.61. The molecule has 3 nitrogen and oxygen atoms in total. The molecule has 3 heteroatoms. The van der Waals surface area contributed by atoms with Crippen LogP contribution in [0.2, 0.25) is 0 Å². The van der Waals surface area contributed by atoms with E-state index in [4.69, 9.17) is 4.74 Å². The summed E-state index contributed by atoms with van der Waals surface area (Å²) in [6.07, 6.45) is 3.02. The molecule has 2 unspecified atom stereocenters. The van der Waals surface area contributed by atoms with Gasteiger partial charge in [0, 0.05) is 18.3 Å². The number of rotatable bonds is 7. The van der Waals surface area contributed by atoms with Gasteiger partial charge in [0.1, 0.15) is 6.10 Å². The third-order valence-corrected chi connectivity index (χ3v) is 3.53. The maximum Gasteiger partial charge on any atom is 0.213 e. The first kappa shape index (κ1) is 15.5. The molecule has 0 aliphatic heterocycles. The predicted octanol–water partition coefficient (Wildman–Crippen LogP) is 4.28. The van der Waals surface area contributed by atoms with Crippen LogP contribution in [0.4, 0.5) is 0 Å². The highest BCUT2D eigenvalue weighted by Gasteiger charge is 2.09. The van der Waals surface area contributed by atoms with E-state index in [1.165, 1.54) is 5.56 Å². The number of pyridine rings is 1. The molecule has 2 atom stereocenters. The molecule has 0 bridgehead atoms.